The summed E-state index contributed by atoms with van der Waals surface area (Å²) in [7, 11) is 0. The minimum atomic E-state index is -0.234. The van der Waals surface area contributed by atoms with Gasteiger partial charge in [-0.2, -0.15) is 0 Å². The summed E-state index contributed by atoms with van der Waals surface area (Å²) >= 11 is 0. The van der Waals surface area contributed by atoms with Crippen molar-refractivity contribution < 1.29 is 8.83 Å². The molecule has 2 aliphatic carbocycles. The number of para-hydroxylation sites is 3. The topological polar surface area (TPSA) is 29.5 Å². The molecule has 8 aromatic carbocycles. The molecule has 57 heavy (non-hydrogen) atoms. The van der Waals surface area contributed by atoms with Crippen molar-refractivity contribution >= 4 is 60.9 Å². The maximum absolute atomic E-state index is 6.64. The summed E-state index contributed by atoms with van der Waals surface area (Å²) in [5, 5.41) is 4.60. The number of fused-ring (bicyclic) bond motifs is 13. The average molecular weight is 734 g/mol. The Kier molecular flexibility index (Phi) is 6.46. The van der Waals surface area contributed by atoms with E-state index >= 15 is 0 Å². The average Bonchev–Trinajstić information content (AvgIpc) is 3.94. The smallest absolute Gasteiger partial charge is 0.143 e. The molecule has 0 aliphatic heterocycles. The fourth-order valence-corrected chi connectivity index (χ4v) is 10.2. The zero-order valence-corrected chi connectivity index (χ0v) is 32.4. The number of hydrogen-bond donors (Lipinski definition) is 0. The second kappa shape index (κ2) is 11.4. The van der Waals surface area contributed by atoms with E-state index in [4.69, 9.17) is 8.83 Å². The number of nitrogens with zero attached hydrogens (tertiary/aromatic N) is 1. The van der Waals surface area contributed by atoms with Gasteiger partial charge in [0, 0.05) is 60.4 Å². The highest BCUT2D eigenvalue weighted by atomic mass is 16.3. The molecule has 0 saturated carbocycles. The first-order chi connectivity index (χ1) is 27.8. The van der Waals surface area contributed by atoms with E-state index in [1.165, 1.54) is 55.6 Å². The Hall–Kier alpha value is -6.84. The van der Waals surface area contributed by atoms with Gasteiger partial charge in [0.05, 0.1) is 5.69 Å². The van der Waals surface area contributed by atoms with Crippen LogP contribution in [0.25, 0.3) is 77.3 Å². The molecule has 0 bridgehead atoms. The Labute approximate surface area is 331 Å². The quantitative estimate of drug-likeness (QED) is 0.180. The summed E-state index contributed by atoms with van der Waals surface area (Å²) in [6.07, 6.45) is 0. The third-order valence-electron chi connectivity index (χ3n) is 13.1. The molecule has 12 rings (SSSR count). The lowest BCUT2D eigenvalue weighted by atomic mass is 9.82. The Morgan fingerprint density at radius 1 is 0.386 bits per heavy atom. The molecule has 2 aliphatic rings. The van der Waals surface area contributed by atoms with E-state index in [1.54, 1.807) is 0 Å². The number of furan rings is 2. The molecule has 0 saturated heterocycles. The van der Waals surface area contributed by atoms with Gasteiger partial charge in [-0.3, -0.25) is 0 Å². The first-order valence-electron chi connectivity index (χ1n) is 19.9. The molecule has 0 N–H and O–H groups in total. The van der Waals surface area contributed by atoms with Gasteiger partial charge in [-0.15, -0.1) is 0 Å². The van der Waals surface area contributed by atoms with Gasteiger partial charge in [-0.05, 0) is 81.4 Å². The lowest BCUT2D eigenvalue weighted by molar-refractivity contribution is 0.653. The van der Waals surface area contributed by atoms with Gasteiger partial charge in [0.15, 0.2) is 0 Å². The Morgan fingerprint density at radius 3 is 1.74 bits per heavy atom. The van der Waals surface area contributed by atoms with Crippen LogP contribution >= 0.6 is 0 Å². The van der Waals surface area contributed by atoms with Crippen LogP contribution in [0.2, 0.25) is 0 Å². The summed E-state index contributed by atoms with van der Waals surface area (Å²) in [5.74, 6) is 0. The van der Waals surface area contributed by atoms with E-state index in [-0.39, 0.29) is 10.8 Å². The molecule has 3 nitrogen and oxygen atoms in total. The summed E-state index contributed by atoms with van der Waals surface area (Å²) in [5.41, 5.74) is 19.3. The van der Waals surface area contributed by atoms with Crippen LogP contribution in [0.4, 0.5) is 17.1 Å². The standard InChI is InChI=1S/C54H39NO2/c1-53(2)42-18-8-5-15-40(42)49-43(53)19-12-20-46(49)55(33-25-23-32(24-26-33)35-16-11-17-38-36-13-6-9-21-47(36)56-51(35)38)34-27-28-41-45(31-34)54(3,4)44-30-29-39-37-14-7-10-22-48(37)57-52(39)50(41)44/h5-31H,1-4H3. The number of anilines is 3. The van der Waals surface area contributed by atoms with E-state index in [2.05, 4.69) is 184 Å². The fraction of sp³-hybridized carbons (Fsp3) is 0.111. The molecule has 0 unspecified atom stereocenters. The Morgan fingerprint density at radius 2 is 0.947 bits per heavy atom. The van der Waals surface area contributed by atoms with Gasteiger partial charge in [0.1, 0.15) is 22.3 Å². The molecule has 10 aromatic rings. The molecular formula is C54H39NO2. The molecule has 0 fully saturated rings. The van der Waals surface area contributed by atoms with Crippen LogP contribution in [0, 0.1) is 0 Å². The summed E-state index contributed by atoms with van der Waals surface area (Å²) in [6, 6.07) is 59.6. The lowest BCUT2D eigenvalue weighted by Crippen LogP contribution is -2.17. The van der Waals surface area contributed by atoms with Crippen LogP contribution in [0.15, 0.2) is 173 Å². The zero-order chi connectivity index (χ0) is 38.2. The highest BCUT2D eigenvalue weighted by molar-refractivity contribution is 6.12. The van der Waals surface area contributed by atoms with E-state index in [1.807, 2.05) is 12.1 Å². The van der Waals surface area contributed by atoms with Crippen molar-refractivity contribution in [1.29, 1.82) is 0 Å². The molecule has 272 valence electrons. The lowest BCUT2D eigenvalue weighted by Gasteiger charge is -2.30. The number of benzene rings is 8. The molecule has 0 spiro atoms. The fourth-order valence-electron chi connectivity index (χ4n) is 10.2. The van der Waals surface area contributed by atoms with Gasteiger partial charge in [0.25, 0.3) is 0 Å². The van der Waals surface area contributed by atoms with Crippen LogP contribution in [-0.2, 0) is 10.8 Å². The van der Waals surface area contributed by atoms with Crippen molar-refractivity contribution in [1.82, 2.24) is 0 Å². The van der Waals surface area contributed by atoms with Crippen LogP contribution in [0.5, 0.6) is 0 Å². The minimum absolute atomic E-state index is 0.123. The highest BCUT2D eigenvalue weighted by Crippen LogP contribution is 2.57. The molecule has 0 amide bonds. The van der Waals surface area contributed by atoms with Crippen molar-refractivity contribution in [3.05, 3.63) is 186 Å². The van der Waals surface area contributed by atoms with Crippen molar-refractivity contribution in [3.8, 4) is 33.4 Å². The molecule has 0 radical (unpaired) electrons. The van der Waals surface area contributed by atoms with Gasteiger partial charge < -0.3 is 13.7 Å². The first-order valence-corrected chi connectivity index (χ1v) is 19.9. The predicted octanol–water partition coefficient (Wildman–Crippen LogP) is 15.2. The molecule has 2 heterocycles. The predicted molar refractivity (Wildman–Crippen MR) is 236 cm³/mol. The van der Waals surface area contributed by atoms with E-state index in [0.717, 1.165) is 61.0 Å². The Bertz CT molecular complexity index is 3300. The Balaban J connectivity index is 1.06. The molecular weight excluding hydrogens is 695 g/mol. The van der Waals surface area contributed by atoms with E-state index in [9.17, 15) is 0 Å². The van der Waals surface area contributed by atoms with Crippen LogP contribution in [0.1, 0.15) is 49.9 Å². The maximum Gasteiger partial charge on any atom is 0.143 e. The van der Waals surface area contributed by atoms with Crippen molar-refractivity contribution in [2.75, 3.05) is 4.90 Å². The van der Waals surface area contributed by atoms with Gasteiger partial charge in [-0.25, -0.2) is 0 Å². The third-order valence-corrected chi connectivity index (χ3v) is 13.1. The van der Waals surface area contributed by atoms with Gasteiger partial charge >= 0.3 is 0 Å². The van der Waals surface area contributed by atoms with Crippen LogP contribution in [0.3, 0.4) is 0 Å². The zero-order valence-electron chi connectivity index (χ0n) is 32.4. The normalized spacial score (nSPS) is 14.6. The van der Waals surface area contributed by atoms with Gasteiger partial charge in [-0.1, -0.05) is 149 Å². The van der Waals surface area contributed by atoms with Crippen molar-refractivity contribution in [2.45, 2.75) is 38.5 Å². The second-order valence-corrected chi connectivity index (χ2v) is 16.9. The van der Waals surface area contributed by atoms with Gasteiger partial charge in [0.2, 0.25) is 0 Å². The largest absolute Gasteiger partial charge is 0.455 e. The van der Waals surface area contributed by atoms with E-state index in [0.29, 0.717) is 0 Å². The first kappa shape index (κ1) is 32.4. The molecule has 3 heteroatoms. The van der Waals surface area contributed by atoms with Crippen LogP contribution < -0.4 is 4.90 Å². The summed E-state index contributed by atoms with van der Waals surface area (Å²) in [4.78, 5) is 2.47. The highest BCUT2D eigenvalue weighted by Gasteiger charge is 2.40. The van der Waals surface area contributed by atoms with Crippen LogP contribution in [-0.4, -0.2) is 0 Å². The molecule has 0 atom stereocenters. The third kappa shape index (κ3) is 4.37. The molecule has 2 aromatic heterocycles. The van der Waals surface area contributed by atoms with E-state index < -0.39 is 0 Å². The SMILES string of the molecule is CC1(C)c2ccccc2-c2c(N(c3ccc(-c4cccc5c4oc4ccccc45)cc3)c3ccc4c(c3)C(C)(C)c3ccc5c(oc6ccccc65)c3-4)cccc21. The van der Waals surface area contributed by atoms with Crippen molar-refractivity contribution in [2.24, 2.45) is 0 Å². The summed E-state index contributed by atoms with van der Waals surface area (Å²) in [6.45, 7) is 9.42. The summed E-state index contributed by atoms with van der Waals surface area (Å²) < 4.78 is 13.1. The maximum atomic E-state index is 6.64. The monoisotopic (exact) mass is 733 g/mol. The minimum Gasteiger partial charge on any atom is -0.455 e. The van der Waals surface area contributed by atoms with Crippen molar-refractivity contribution in [3.63, 3.8) is 0 Å². The number of rotatable bonds is 4. The second-order valence-electron chi connectivity index (χ2n) is 16.9. The number of hydrogen-bond acceptors (Lipinski definition) is 3.